The van der Waals surface area contributed by atoms with Gasteiger partial charge in [-0.1, -0.05) is 13.3 Å². The van der Waals surface area contributed by atoms with E-state index >= 15 is 0 Å². The van der Waals surface area contributed by atoms with Crippen molar-refractivity contribution < 1.29 is 22.7 Å². The molecule has 0 aromatic carbocycles. The molecule has 2 rings (SSSR count). The van der Waals surface area contributed by atoms with Gasteiger partial charge in [-0.15, -0.1) is 0 Å². The minimum atomic E-state index is -3.81. The summed E-state index contributed by atoms with van der Waals surface area (Å²) in [7, 11) is -3.81. The Balaban J connectivity index is 2.48. The van der Waals surface area contributed by atoms with Crippen molar-refractivity contribution in [1.82, 2.24) is 4.31 Å². The van der Waals surface area contributed by atoms with Crippen LogP contribution in [-0.2, 0) is 10.0 Å². The molecule has 1 N–H and O–H groups in total. The van der Waals surface area contributed by atoms with Crippen molar-refractivity contribution in [3.63, 3.8) is 0 Å². The summed E-state index contributed by atoms with van der Waals surface area (Å²) in [5, 5.41) is 9.22. The second-order valence-corrected chi connectivity index (χ2v) is 7.02. The van der Waals surface area contributed by atoms with Gasteiger partial charge in [0.05, 0.1) is 0 Å². The van der Waals surface area contributed by atoms with Gasteiger partial charge in [0.25, 0.3) is 0 Å². The molecule has 1 fully saturated rings. The summed E-state index contributed by atoms with van der Waals surface area (Å²) < 4.78 is 31.9. The van der Waals surface area contributed by atoms with E-state index in [0.29, 0.717) is 19.0 Å². The van der Waals surface area contributed by atoms with Gasteiger partial charge < -0.3 is 9.52 Å². The topological polar surface area (TPSA) is 87.8 Å². The lowest BCUT2D eigenvalue weighted by Gasteiger charge is -2.16. The summed E-state index contributed by atoms with van der Waals surface area (Å²) in [6, 6.07) is 0. The second-order valence-electron chi connectivity index (χ2n) is 5.15. The molecule has 0 aliphatic carbocycles. The maximum Gasteiger partial charge on any atom is 0.340 e. The third-order valence-corrected chi connectivity index (χ3v) is 5.86. The SMILES string of the molecule is CCC1CCN(S(=O)(=O)c2c(C)oc(C)c2C(=O)O)C1. The summed E-state index contributed by atoms with van der Waals surface area (Å²) >= 11 is 0. The molecule has 0 radical (unpaired) electrons. The molecule has 0 amide bonds. The molecule has 112 valence electrons. The van der Waals surface area contributed by atoms with Crippen molar-refractivity contribution in [2.24, 2.45) is 5.92 Å². The molecular weight excluding hydrogens is 282 g/mol. The average molecular weight is 301 g/mol. The number of sulfonamides is 1. The molecule has 1 unspecified atom stereocenters. The number of rotatable bonds is 4. The fourth-order valence-electron chi connectivity index (χ4n) is 2.70. The van der Waals surface area contributed by atoms with Crippen LogP contribution in [-0.4, -0.2) is 36.9 Å². The molecule has 0 bridgehead atoms. The van der Waals surface area contributed by atoms with E-state index in [1.807, 2.05) is 6.92 Å². The molecule has 7 heteroatoms. The predicted molar refractivity (Wildman–Crippen MR) is 72.3 cm³/mol. The average Bonchev–Trinajstić information content (AvgIpc) is 2.93. The summed E-state index contributed by atoms with van der Waals surface area (Å²) in [6.07, 6.45) is 1.73. The van der Waals surface area contributed by atoms with Crippen molar-refractivity contribution in [3.05, 3.63) is 17.1 Å². The summed E-state index contributed by atoms with van der Waals surface area (Å²) in [4.78, 5) is 11.1. The number of aryl methyl sites for hydroxylation is 2. The molecule has 0 spiro atoms. The van der Waals surface area contributed by atoms with Gasteiger partial charge in [0.1, 0.15) is 22.0 Å². The fourth-order valence-corrected chi connectivity index (χ4v) is 4.60. The van der Waals surface area contributed by atoms with E-state index in [0.717, 1.165) is 12.8 Å². The van der Waals surface area contributed by atoms with Crippen LogP contribution in [0.15, 0.2) is 9.31 Å². The first-order valence-corrected chi connectivity index (χ1v) is 8.06. The van der Waals surface area contributed by atoms with Gasteiger partial charge in [0.15, 0.2) is 0 Å². The first kappa shape index (κ1) is 15.1. The first-order valence-electron chi connectivity index (χ1n) is 6.62. The Bertz CT molecular complexity index is 631. The Morgan fingerprint density at radius 1 is 1.40 bits per heavy atom. The van der Waals surface area contributed by atoms with E-state index in [4.69, 9.17) is 4.42 Å². The maximum atomic E-state index is 12.7. The Morgan fingerprint density at radius 2 is 2.05 bits per heavy atom. The van der Waals surface area contributed by atoms with Crippen LogP contribution in [0, 0.1) is 19.8 Å². The number of furan rings is 1. The largest absolute Gasteiger partial charge is 0.478 e. The van der Waals surface area contributed by atoms with E-state index in [1.165, 1.54) is 18.2 Å². The standard InChI is InChI=1S/C13H19NO5S/c1-4-10-5-6-14(7-10)20(17,18)12-9(3)19-8(2)11(12)13(15)16/h10H,4-7H2,1-3H3,(H,15,16). The molecule has 1 aliphatic heterocycles. The molecule has 1 aromatic rings. The van der Waals surface area contributed by atoms with Crippen LogP contribution in [0.1, 0.15) is 41.6 Å². The Morgan fingerprint density at radius 3 is 2.55 bits per heavy atom. The first-order chi connectivity index (χ1) is 9.28. The Labute approximate surface area is 118 Å². The van der Waals surface area contributed by atoms with Gasteiger partial charge in [0, 0.05) is 13.1 Å². The van der Waals surface area contributed by atoms with Crippen LogP contribution >= 0.6 is 0 Å². The normalized spacial score (nSPS) is 20.4. The fraction of sp³-hybridized carbons (Fsp3) is 0.615. The van der Waals surface area contributed by atoms with Crippen molar-refractivity contribution >= 4 is 16.0 Å². The van der Waals surface area contributed by atoms with E-state index < -0.39 is 16.0 Å². The van der Waals surface area contributed by atoms with Crippen molar-refractivity contribution in [2.75, 3.05) is 13.1 Å². The number of nitrogens with zero attached hydrogens (tertiary/aromatic N) is 1. The monoisotopic (exact) mass is 301 g/mol. The van der Waals surface area contributed by atoms with Crippen LogP contribution < -0.4 is 0 Å². The highest BCUT2D eigenvalue weighted by Gasteiger charge is 2.38. The van der Waals surface area contributed by atoms with Crippen LogP contribution in [0.4, 0.5) is 0 Å². The van der Waals surface area contributed by atoms with Crippen LogP contribution in [0.3, 0.4) is 0 Å². The highest BCUT2D eigenvalue weighted by atomic mass is 32.2. The van der Waals surface area contributed by atoms with Crippen LogP contribution in [0.2, 0.25) is 0 Å². The Hall–Kier alpha value is -1.34. The minimum Gasteiger partial charge on any atom is -0.478 e. The number of aromatic carboxylic acids is 1. The van der Waals surface area contributed by atoms with E-state index in [1.54, 1.807) is 0 Å². The highest BCUT2D eigenvalue weighted by Crippen LogP contribution is 2.32. The molecule has 2 heterocycles. The zero-order valence-corrected chi connectivity index (χ0v) is 12.7. The molecule has 1 aliphatic rings. The van der Waals surface area contributed by atoms with Gasteiger partial charge in [-0.3, -0.25) is 0 Å². The lowest BCUT2D eigenvalue weighted by Crippen LogP contribution is -2.30. The molecular formula is C13H19NO5S. The quantitative estimate of drug-likeness (QED) is 0.919. The Kier molecular flexibility index (Phi) is 3.93. The smallest absolute Gasteiger partial charge is 0.340 e. The number of hydrogen-bond donors (Lipinski definition) is 1. The van der Waals surface area contributed by atoms with Crippen LogP contribution in [0.5, 0.6) is 0 Å². The van der Waals surface area contributed by atoms with Gasteiger partial charge in [0.2, 0.25) is 10.0 Å². The third kappa shape index (κ3) is 2.35. The summed E-state index contributed by atoms with van der Waals surface area (Å²) in [6.45, 7) is 5.86. The van der Waals surface area contributed by atoms with Crippen molar-refractivity contribution in [3.8, 4) is 0 Å². The number of hydrogen-bond acceptors (Lipinski definition) is 4. The maximum absolute atomic E-state index is 12.7. The lowest BCUT2D eigenvalue weighted by molar-refractivity contribution is 0.0691. The van der Waals surface area contributed by atoms with E-state index in [-0.39, 0.29) is 22.0 Å². The highest BCUT2D eigenvalue weighted by molar-refractivity contribution is 7.89. The predicted octanol–water partition coefficient (Wildman–Crippen LogP) is 2.02. The molecule has 1 atom stereocenters. The lowest BCUT2D eigenvalue weighted by atomic mass is 10.1. The molecule has 1 saturated heterocycles. The molecule has 0 saturated carbocycles. The third-order valence-electron chi connectivity index (χ3n) is 3.84. The van der Waals surface area contributed by atoms with Gasteiger partial charge in [-0.05, 0) is 26.2 Å². The van der Waals surface area contributed by atoms with Crippen molar-refractivity contribution in [1.29, 1.82) is 0 Å². The number of carbonyl (C=O) groups is 1. The number of carboxylic acids is 1. The summed E-state index contributed by atoms with van der Waals surface area (Å²) in [5.74, 6) is -0.671. The minimum absolute atomic E-state index is 0.125. The molecule has 6 nitrogen and oxygen atoms in total. The van der Waals surface area contributed by atoms with E-state index in [2.05, 4.69) is 0 Å². The summed E-state index contributed by atoms with van der Waals surface area (Å²) in [5.41, 5.74) is -0.248. The second kappa shape index (κ2) is 5.21. The molecule has 1 aromatic heterocycles. The van der Waals surface area contributed by atoms with Crippen LogP contribution in [0.25, 0.3) is 0 Å². The van der Waals surface area contributed by atoms with Gasteiger partial charge in [-0.2, -0.15) is 4.31 Å². The zero-order valence-electron chi connectivity index (χ0n) is 11.8. The number of carboxylic acid groups (broad SMARTS) is 1. The zero-order chi connectivity index (χ0) is 15.1. The van der Waals surface area contributed by atoms with Gasteiger partial charge in [-0.25, -0.2) is 13.2 Å². The van der Waals surface area contributed by atoms with E-state index in [9.17, 15) is 18.3 Å². The van der Waals surface area contributed by atoms with Gasteiger partial charge >= 0.3 is 5.97 Å². The molecule has 20 heavy (non-hydrogen) atoms. The van der Waals surface area contributed by atoms with Crippen molar-refractivity contribution in [2.45, 2.75) is 38.5 Å².